The first-order valence-corrected chi connectivity index (χ1v) is 3.97. The van der Waals surface area contributed by atoms with Crippen LogP contribution in [0.25, 0.3) is 0 Å². The Kier molecular flexibility index (Phi) is 2.80. The van der Waals surface area contributed by atoms with Crippen molar-refractivity contribution >= 4 is 37.0 Å². The third-order valence-corrected chi connectivity index (χ3v) is 2.44. The lowest BCUT2D eigenvalue weighted by Gasteiger charge is -1.71. The van der Waals surface area contributed by atoms with Gasteiger partial charge in [0.25, 0.3) is 0 Å². The van der Waals surface area contributed by atoms with Crippen LogP contribution < -0.4 is 0 Å². The van der Waals surface area contributed by atoms with Crippen molar-refractivity contribution in [3.63, 3.8) is 0 Å². The van der Waals surface area contributed by atoms with Crippen molar-refractivity contribution in [2.24, 2.45) is 0 Å². The molecule has 4 heteroatoms. The first kappa shape index (κ1) is 6.46. The van der Waals surface area contributed by atoms with Gasteiger partial charge in [-0.25, -0.2) is 0 Å². The predicted molar refractivity (Wildman–Crippen MR) is 35.2 cm³/mol. The first-order valence-electron chi connectivity index (χ1n) is 1.29. The molecule has 0 N–H and O–H groups in total. The molecule has 0 aromatic carbocycles. The van der Waals surface area contributed by atoms with Gasteiger partial charge in [0.15, 0.2) is 0 Å². The lowest BCUT2D eigenvalue weighted by Crippen LogP contribution is -1.82. The molecule has 0 aliphatic carbocycles. The second-order valence-corrected chi connectivity index (χ2v) is 3.87. The molecule has 0 rings (SSSR count). The minimum absolute atomic E-state index is 0.417. The summed E-state index contributed by atoms with van der Waals surface area (Å²) in [7, 11) is -1.59. The van der Waals surface area contributed by atoms with E-state index < -0.39 is 9.36 Å². The van der Waals surface area contributed by atoms with Crippen LogP contribution >= 0.6 is 12.2 Å². The van der Waals surface area contributed by atoms with Crippen LogP contribution in [0.3, 0.4) is 0 Å². The summed E-state index contributed by atoms with van der Waals surface area (Å²) in [6.07, 6.45) is 0. The van der Waals surface area contributed by atoms with E-state index in [2.05, 4.69) is 23.4 Å². The quantitative estimate of drug-likeness (QED) is 0.385. The lowest BCUT2D eigenvalue weighted by atomic mass is 11.0. The lowest BCUT2D eigenvalue weighted by molar-refractivity contribution is 0.698. The largest absolute Gasteiger partial charge is 0.254 e. The molecule has 0 spiro atoms. The zero-order chi connectivity index (χ0) is 5.15. The summed E-state index contributed by atoms with van der Waals surface area (Å²) >= 11 is 8.70. The summed E-state index contributed by atoms with van der Waals surface area (Å²) in [5, 5.41) is 0. The van der Waals surface area contributed by atoms with Crippen LogP contribution in [0.1, 0.15) is 6.92 Å². The van der Waals surface area contributed by atoms with E-state index >= 15 is 0 Å². The minimum atomic E-state index is -1.59. The zero-order valence-corrected chi connectivity index (χ0v) is 5.70. The number of thiocarbonyl (C=S) groups is 1. The number of thiol groups is 1. The van der Waals surface area contributed by atoms with Gasteiger partial charge in [-0.15, -0.1) is 0 Å². The van der Waals surface area contributed by atoms with Crippen LogP contribution in [-0.4, -0.2) is 8.41 Å². The van der Waals surface area contributed by atoms with E-state index in [1.54, 1.807) is 6.92 Å². The van der Waals surface area contributed by atoms with Crippen molar-refractivity contribution in [2.75, 3.05) is 0 Å². The zero-order valence-electron chi connectivity index (χ0n) is 3.17. The van der Waals surface area contributed by atoms with E-state index in [1.165, 1.54) is 0 Å². The maximum Gasteiger partial charge on any atom is 0.0754 e. The van der Waals surface area contributed by atoms with Crippen molar-refractivity contribution in [3.8, 4) is 0 Å². The second-order valence-electron chi connectivity index (χ2n) is 0.776. The second kappa shape index (κ2) is 2.60. The maximum atomic E-state index is 9.97. The molecule has 0 aromatic rings. The standard InChI is InChI=1S/C2H4OS3/c1-2(4)6(3)5/h6H,1H3. The van der Waals surface area contributed by atoms with Gasteiger partial charge in [-0.2, -0.15) is 0 Å². The topological polar surface area (TPSA) is 17.1 Å². The Morgan fingerprint density at radius 2 is 2.00 bits per heavy atom. The molecule has 0 radical (unpaired) electrons. The Morgan fingerprint density at radius 3 is 2.00 bits per heavy atom. The van der Waals surface area contributed by atoms with Gasteiger partial charge >= 0.3 is 0 Å². The van der Waals surface area contributed by atoms with Crippen LogP contribution in [0.2, 0.25) is 0 Å². The van der Waals surface area contributed by atoms with E-state index in [1.807, 2.05) is 0 Å². The maximum absolute atomic E-state index is 9.97. The van der Waals surface area contributed by atoms with Gasteiger partial charge in [0.05, 0.1) is 13.6 Å². The molecule has 6 heavy (non-hydrogen) atoms. The summed E-state index contributed by atoms with van der Waals surface area (Å²) in [6.45, 7) is 1.58. The monoisotopic (exact) mass is 140 g/mol. The average molecular weight is 140 g/mol. The molecule has 0 saturated heterocycles. The molecule has 0 bridgehead atoms. The Morgan fingerprint density at radius 1 is 1.83 bits per heavy atom. The Bertz CT molecular complexity index is 115. The van der Waals surface area contributed by atoms with E-state index in [-0.39, 0.29) is 0 Å². The fraction of sp³-hybridized carbons (Fsp3) is 0.500. The number of rotatable bonds is 0. The van der Waals surface area contributed by atoms with Crippen LogP contribution in [0.5, 0.6) is 0 Å². The van der Waals surface area contributed by atoms with Crippen molar-refractivity contribution in [1.82, 2.24) is 0 Å². The fourth-order valence-corrected chi connectivity index (χ4v) is 0. The first-order chi connectivity index (χ1) is 2.64. The van der Waals surface area contributed by atoms with Gasteiger partial charge < -0.3 is 0 Å². The van der Waals surface area contributed by atoms with Gasteiger partial charge in [-0.05, 0) is 18.1 Å². The molecule has 0 aromatic heterocycles. The molecule has 0 aliphatic heterocycles. The summed E-state index contributed by atoms with van der Waals surface area (Å²) in [5.41, 5.74) is 0. The summed E-state index contributed by atoms with van der Waals surface area (Å²) < 4.78 is 10.4. The molecule has 36 valence electrons. The SMILES string of the molecule is CC(=S)[SH](=O)=S. The summed E-state index contributed by atoms with van der Waals surface area (Å²) in [6, 6.07) is 0. The van der Waals surface area contributed by atoms with Crippen LogP contribution in [0, 0.1) is 0 Å². The predicted octanol–water partition coefficient (Wildman–Crippen LogP) is 0.277. The number of hydrogen-bond donors (Lipinski definition) is 1. The van der Waals surface area contributed by atoms with Crippen molar-refractivity contribution in [1.29, 1.82) is 0 Å². The van der Waals surface area contributed by atoms with Crippen molar-refractivity contribution in [2.45, 2.75) is 6.92 Å². The van der Waals surface area contributed by atoms with E-state index in [0.29, 0.717) is 4.20 Å². The highest BCUT2D eigenvalue weighted by atomic mass is 32.8. The van der Waals surface area contributed by atoms with E-state index in [9.17, 15) is 4.21 Å². The Labute approximate surface area is 48.4 Å². The average Bonchev–Trinajstić information content (AvgIpc) is 1.36. The highest BCUT2D eigenvalue weighted by Gasteiger charge is 1.76. The Balaban J connectivity index is 3.94. The molecule has 0 aliphatic rings. The fourth-order valence-electron chi connectivity index (χ4n) is 0. The normalized spacial score (nSPS) is 13.5. The molecule has 1 nitrogen and oxygen atoms in total. The Hall–Kier alpha value is 0.460. The van der Waals surface area contributed by atoms with E-state index in [4.69, 9.17) is 0 Å². The summed E-state index contributed by atoms with van der Waals surface area (Å²) in [5.74, 6) is 0. The van der Waals surface area contributed by atoms with Crippen LogP contribution in [-0.2, 0) is 20.5 Å². The van der Waals surface area contributed by atoms with Gasteiger partial charge in [0.2, 0.25) is 0 Å². The van der Waals surface area contributed by atoms with E-state index in [0.717, 1.165) is 0 Å². The molecular formula is C2H4OS3. The van der Waals surface area contributed by atoms with Gasteiger partial charge in [0, 0.05) is 0 Å². The third kappa shape index (κ3) is 2.68. The molecule has 0 amide bonds. The van der Waals surface area contributed by atoms with Crippen molar-refractivity contribution < 1.29 is 4.21 Å². The molecule has 1 unspecified atom stereocenters. The highest BCUT2D eigenvalue weighted by molar-refractivity contribution is 8.34. The smallest absolute Gasteiger partial charge is 0.0754 e. The molecule has 0 fully saturated rings. The minimum Gasteiger partial charge on any atom is -0.254 e. The third-order valence-electron chi connectivity index (χ3n) is 0.257. The molecule has 0 saturated carbocycles. The van der Waals surface area contributed by atoms with Gasteiger partial charge in [-0.1, -0.05) is 12.2 Å². The molecule has 0 heterocycles. The van der Waals surface area contributed by atoms with Gasteiger partial charge in [0.1, 0.15) is 0 Å². The van der Waals surface area contributed by atoms with Crippen LogP contribution in [0.4, 0.5) is 0 Å². The van der Waals surface area contributed by atoms with Gasteiger partial charge in [-0.3, -0.25) is 4.21 Å². The summed E-state index contributed by atoms with van der Waals surface area (Å²) in [4.78, 5) is 0. The van der Waals surface area contributed by atoms with Crippen molar-refractivity contribution in [3.05, 3.63) is 0 Å². The number of hydrogen-bond acceptors (Lipinski definition) is 3. The molecular weight excluding hydrogens is 136 g/mol. The molecule has 1 atom stereocenters. The van der Waals surface area contributed by atoms with Crippen LogP contribution in [0.15, 0.2) is 0 Å². The highest BCUT2D eigenvalue weighted by Crippen LogP contribution is 1.70.